The fourth-order valence-corrected chi connectivity index (χ4v) is 6.15. The molecule has 2 N–H and O–H groups in total. The predicted octanol–water partition coefficient (Wildman–Crippen LogP) is 3.69. The Hall–Kier alpha value is -3.27. The maximum absolute atomic E-state index is 15.1. The van der Waals surface area contributed by atoms with E-state index in [-0.39, 0.29) is 40.5 Å². The molecule has 3 heterocycles. The van der Waals surface area contributed by atoms with Gasteiger partial charge in [-0.2, -0.15) is 4.98 Å². The van der Waals surface area contributed by atoms with Gasteiger partial charge in [0.2, 0.25) is 11.9 Å². The van der Waals surface area contributed by atoms with E-state index in [2.05, 4.69) is 32.5 Å². The third kappa shape index (κ3) is 4.70. The third-order valence-electron chi connectivity index (χ3n) is 8.77. The highest BCUT2D eigenvalue weighted by Gasteiger charge is 2.55. The number of nitrogens with zero attached hydrogens (tertiary/aromatic N) is 5. The Balaban J connectivity index is 1.22. The van der Waals surface area contributed by atoms with Crippen molar-refractivity contribution in [2.24, 2.45) is 5.41 Å². The number of fused-ring (bicyclic) bond motifs is 1. The van der Waals surface area contributed by atoms with Crippen LogP contribution in [-0.4, -0.2) is 72.5 Å². The van der Waals surface area contributed by atoms with E-state index in [0.717, 1.165) is 57.4 Å². The zero-order valence-corrected chi connectivity index (χ0v) is 22.2. The van der Waals surface area contributed by atoms with E-state index in [0.29, 0.717) is 18.3 Å². The van der Waals surface area contributed by atoms with Crippen molar-refractivity contribution in [3.63, 3.8) is 0 Å². The molecular weight excluding hydrogens is 485 g/mol. The van der Waals surface area contributed by atoms with E-state index in [9.17, 15) is 9.59 Å². The molecule has 0 radical (unpaired) electrons. The standard InChI is InChI=1S/C28H36FN7O2/c1-34-13-9-19(10-14-34)31-25(37)18-7-8-22(21(29)15-18)32-27-30-16-23-24(33-27)36(20-5-3-4-6-20)17-28(11-12-28)26(38)35(23)2/h7-8,15-16,19-20H,3-6,9-14,17H2,1-2H3,(H,31,37)(H,30,32,33). The summed E-state index contributed by atoms with van der Waals surface area (Å²) in [5, 5.41) is 6.03. The van der Waals surface area contributed by atoms with Crippen molar-refractivity contribution in [2.45, 2.75) is 63.5 Å². The lowest BCUT2D eigenvalue weighted by Crippen LogP contribution is -2.43. The van der Waals surface area contributed by atoms with Crippen molar-refractivity contribution >= 4 is 35.0 Å². The first-order chi connectivity index (χ1) is 18.3. The van der Waals surface area contributed by atoms with E-state index in [1.165, 1.54) is 18.9 Å². The molecule has 10 heteroatoms. The van der Waals surface area contributed by atoms with E-state index in [1.807, 2.05) is 0 Å². The number of carbonyl (C=O) groups is 2. The number of hydrogen-bond acceptors (Lipinski definition) is 7. The van der Waals surface area contributed by atoms with Gasteiger partial charge in [0.15, 0.2) is 5.82 Å². The molecule has 2 aromatic rings. The highest BCUT2D eigenvalue weighted by atomic mass is 19.1. The summed E-state index contributed by atoms with van der Waals surface area (Å²) < 4.78 is 15.1. The molecule has 1 spiro atoms. The topological polar surface area (TPSA) is 93.7 Å². The van der Waals surface area contributed by atoms with E-state index < -0.39 is 5.82 Å². The molecule has 2 aliphatic heterocycles. The molecule has 2 amide bonds. The fourth-order valence-electron chi connectivity index (χ4n) is 6.15. The van der Waals surface area contributed by atoms with Crippen LogP contribution in [0.25, 0.3) is 0 Å². The number of anilines is 4. The van der Waals surface area contributed by atoms with Crippen LogP contribution in [0.2, 0.25) is 0 Å². The Morgan fingerprint density at radius 1 is 1.11 bits per heavy atom. The van der Waals surface area contributed by atoms with Gasteiger partial charge in [-0.25, -0.2) is 9.37 Å². The summed E-state index contributed by atoms with van der Waals surface area (Å²) in [5.41, 5.74) is 0.849. The van der Waals surface area contributed by atoms with Gasteiger partial charge in [0, 0.05) is 31.2 Å². The smallest absolute Gasteiger partial charge is 0.251 e. The van der Waals surface area contributed by atoms with Crippen molar-refractivity contribution in [1.29, 1.82) is 0 Å². The number of benzene rings is 1. The summed E-state index contributed by atoms with van der Waals surface area (Å²) in [6.45, 7) is 2.54. The van der Waals surface area contributed by atoms with Gasteiger partial charge in [0.25, 0.3) is 5.91 Å². The second kappa shape index (κ2) is 9.80. The van der Waals surface area contributed by atoms with Crippen LogP contribution in [0, 0.1) is 11.2 Å². The van der Waals surface area contributed by atoms with Crippen LogP contribution in [0.3, 0.4) is 0 Å². The van der Waals surface area contributed by atoms with Crippen LogP contribution in [0.15, 0.2) is 24.4 Å². The van der Waals surface area contributed by atoms with Gasteiger partial charge in [-0.15, -0.1) is 0 Å². The highest BCUT2D eigenvalue weighted by Crippen LogP contribution is 2.52. The zero-order valence-electron chi connectivity index (χ0n) is 22.2. The lowest BCUT2D eigenvalue weighted by Gasteiger charge is -2.31. The Bertz CT molecular complexity index is 1240. The van der Waals surface area contributed by atoms with Crippen molar-refractivity contribution in [2.75, 3.05) is 48.8 Å². The van der Waals surface area contributed by atoms with Crippen LogP contribution < -0.4 is 20.4 Å². The summed E-state index contributed by atoms with van der Waals surface area (Å²) >= 11 is 0. The summed E-state index contributed by atoms with van der Waals surface area (Å²) in [4.78, 5) is 41.4. The molecule has 0 unspecified atom stereocenters. The first-order valence-corrected chi connectivity index (χ1v) is 13.8. The number of carbonyl (C=O) groups excluding carboxylic acids is 2. The second-order valence-electron chi connectivity index (χ2n) is 11.5. The molecule has 3 fully saturated rings. The van der Waals surface area contributed by atoms with E-state index >= 15 is 4.39 Å². The number of likely N-dealkylation sites (tertiary alicyclic amines) is 1. The van der Waals surface area contributed by atoms with Crippen LogP contribution in [0.5, 0.6) is 0 Å². The number of hydrogen-bond donors (Lipinski definition) is 2. The molecule has 2 aliphatic carbocycles. The molecule has 1 saturated heterocycles. The Morgan fingerprint density at radius 3 is 2.53 bits per heavy atom. The molecule has 38 heavy (non-hydrogen) atoms. The van der Waals surface area contributed by atoms with Crippen molar-refractivity contribution < 1.29 is 14.0 Å². The maximum atomic E-state index is 15.1. The Kier molecular flexibility index (Phi) is 6.45. The Labute approximate surface area is 222 Å². The van der Waals surface area contributed by atoms with Crippen LogP contribution in [0.4, 0.5) is 27.5 Å². The number of piperidine rings is 1. The first-order valence-electron chi connectivity index (χ1n) is 13.8. The molecule has 2 saturated carbocycles. The molecule has 1 aromatic heterocycles. The van der Waals surface area contributed by atoms with Gasteiger partial charge in [-0.05, 0) is 76.9 Å². The quantitative estimate of drug-likeness (QED) is 0.620. The highest BCUT2D eigenvalue weighted by molar-refractivity contribution is 6.02. The van der Waals surface area contributed by atoms with Gasteiger partial charge < -0.3 is 25.3 Å². The normalized spacial score (nSPS) is 21.9. The summed E-state index contributed by atoms with van der Waals surface area (Å²) in [7, 11) is 3.87. The van der Waals surface area contributed by atoms with Crippen molar-refractivity contribution in [3.8, 4) is 0 Å². The predicted molar refractivity (Wildman–Crippen MR) is 144 cm³/mol. The third-order valence-corrected chi connectivity index (χ3v) is 8.77. The fraction of sp³-hybridized carbons (Fsp3) is 0.571. The molecular formula is C28H36FN7O2. The lowest BCUT2D eigenvalue weighted by molar-refractivity contribution is -0.122. The zero-order chi connectivity index (χ0) is 26.4. The van der Waals surface area contributed by atoms with Crippen molar-refractivity contribution in [3.05, 3.63) is 35.8 Å². The maximum Gasteiger partial charge on any atom is 0.251 e. The van der Waals surface area contributed by atoms with Gasteiger partial charge >= 0.3 is 0 Å². The molecule has 9 nitrogen and oxygen atoms in total. The average Bonchev–Trinajstić information content (AvgIpc) is 3.52. The lowest BCUT2D eigenvalue weighted by atomic mass is 10.0. The van der Waals surface area contributed by atoms with Gasteiger partial charge in [-0.3, -0.25) is 9.59 Å². The number of halogens is 1. The second-order valence-corrected chi connectivity index (χ2v) is 11.5. The minimum Gasteiger partial charge on any atom is -0.351 e. The number of aromatic nitrogens is 2. The molecule has 1 aromatic carbocycles. The minimum absolute atomic E-state index is 0.107. The molecule has 0 bridgehead atoms. The first kappa shape index (κ1) is 25.0. The Morgan fingerprint density at radius 2 is 1.84 bits per heavy atom. The largest absolute Gasteiger partial charge is 0.351 e. The number of amides is 2. The summed E-state index contributed by atoms with van der Waals surface area (Å²) in [6, 6.07) is 4.87. The SMILES string of the molecule is CN1CCC(NC(=O)c2ccc(Nc3ncc4c(n3)N(C3CCCC3)CC3(CC3)C(=O)N4C)c(F)c2)CC1. The van der Waals surface area contributed by atoms with Gasteiger partial charge in [-0.1, -0.05) is 12.8 Å². The van der Waals surface area contributed by atoms with Gasteiger partial charge in [0.1, 0.15) is 11.5 Å². The van der Waals surface area contributed by atoms with Crippen LogP contribution in [0.1, 0.15) is 61.7 Å². The summed E-state index contributed by atoms with van der Waals surface area (Å²) in [5.74, 6) is 0.311. The van der Waals surface area contributed by atoms with Crippen molar-refractivity contribution in [1.82, 2.24) is 20.2 Å². The van der Waals surface area contributed by atoms with Gasteiger partial charge in [0.05, 0.1) is 17.3 Å². The monoisotopic (exact) mass is 521 g/mol. The molecule has 202 valence electrons. The van der Waals surface area contributed by atoms with Crippen LogP contribution >= 0.6 is 0 Å². The summed E-state index contributed by atoms with van der Waals surface area (Å²) in [6.07, 6.45) is 9.74. The van der Waals surface area contributed by atoms with E-state index in [1.54, 1.807) is 30.3 Å². The average molecular weight is 522 g/mol. The number of nitrogens with one attached hydrogen (secondary N) is 2. The molecule has 0 atom stereocenters. The minimum atomic E-state index is -0.545. The van der Waals surface area contributed by atoms with Crippen LogP contribution in [-0.2, 0) is 4.79 Å². The molecule has 6 rings (SSSR count). The number of rotatable bonds is 5. The van der Waals surface area contributed by atoms with E-state index in [4.69, 9.17) is 4.98 Å². The molecule has 4 aliphatic rings.